The number of benzene rings is 2. The van der Waals surface area contributed by atoms with Crippen molar-refractivity contribution in [3.8, 4) is 0 Å². The highest BCUT2D eigenvalue weighted by Gasteiger charge is 2.21. The second kappa shape index (κ2) is 5.91. The summed E-state index contributed by atoms with van der Waals surface area (Å²) in [6, 6.07) is 12.5. The van der Waals surface area contributed by atoms with E-state index >= 15 is 0 Å². The number of aromatic nitrogens is 1. The summed E-state index contributed by atoms with van der Waals surface area (Å²) in [5.41, 5.74) is 11.3. The predicted octanol–water partition coefficient (Wildman–Crippen LogP) is 3.20. The normalized spacial score (nSPS) is 14.0. The topological polar surface area (TPSA) is 59.2 Å². The van der Waals surface area contributed by atoms with Crippen LogP contribution in [0.4, 0.5) is 5.13 Å². The van der Waals surface area contributed by atoms with Gasteiger partial charge in [0.25, 0.3) is 0 Å². The van der Waals surface area contributed by atoms with Gasteiger partial charge in [0.2, 0.25) is 5.91 Å². The van der Waals surface area contributed by atoms with Gasteiger partial charge in [-0.2, -0.15) is 0 Å². The number of primary amides is 1. The monoisotopic (exact) mass is 337 g/mol. The largest absolute Gasteiger partial charge is 0.369 e. The summed E-state index contributed by atoms with van der Waals surface area (Å²) in [6.45, 7) is 3.86. The van der Waals surface area contributed by atoms with Crippen LogP contribution in [-0.4, -0.2) is 17.4 Å². The van der Waals surface area contributed by atoms with Gasteiger partial charge in [-0.25, -0.2) is 4.98 Å². The molecule has 0 aliphatic carbocycles. The first-order valence-corrected chi connectivity index (χ1v) is 8.92. The summed E-state index contributed by atoms with van der Waals surface area (Å²) in [4.78, 5) is 18.5. The summed E-state index contributed by atoms with van der Waals surface area (Å²) in [5, 5.41) is 1.07. The Labute approximate surface area is 144 Å². The van der Waals surface area contributed by atoms with Crippen molar-refractivity contribution in [3.05, 3.63) is 58.7 Å². The lowest BCUT2D eigenvalue weighted by Gasteiger charge is -2.29. The Bertz CT molecular complexity index is 932. The number of anilines is 1. The van der Waals surface area contributed by atoms with Gasteiger partial charge < -0.3 is 10.6 Å². The van der Waals surface area contributed by atoms with Gasteiger partial charge in [-0.1, -0.05) is 41.7 Å². The molecule has 0 fully saturated rings. The van der Waals surface area contributed by atoms with Crippen molar-refractivity contribution in [3.63, 3.8) is 0 Å². The SMILES string of the molecule is Cc1cccc2sc(N3CCc4c(CC(N)=O)cccc4C3)nc12. The van der Waals surface area contributed by atoms with Gasteiger partial charge in [0, 0.05) is 13.1 Å². The number of nitrogens with zero attached hydrogens (tertiary/aromatic N) is 2. The standard InChI is InChI=1S/C19H19N3OS/c1-12-4-2-7-16-18(12)21-19(24-16)22-9-8-15-13(10-17(20)23)5-3-6-14(15)11-22/h2-7H,8-11H2,1H3,(H2,20,23). The summed E-state index contributed by atoms with van der Waals surface area (Å²) in [5.74, 6) is -0.271. The number of amides is 1. The molecule has 0 radical (unpaired) electrons. The Morgan fingerprint density at radius 3 is 2.92 bits per heavy atom. The average molecular weight is 337 g/mol. The first-order valence-electron chi connectivity index (χ1n) is 8.11. The molecular weight excluding hydrogens is 318 g/mol. The number of aryl methyl sites for hydroxylation is 1. The second-order valence-corrected chi connectivity index (χ2v) is 7.30. The lowest BCUT2D eigenvalue weighted by Crippen LogP contribution is -2.31. The van der Waals surface area contributed by atoms with Crippen molar-refractivity contribution < 1.29 is 4.79 Å². The van der Waals surface area contributed by atoms with Crippen LogP contribution < -0.4 is 10.6 Å². The molecule has 2 aromatic carbocycles. The molecule has 5 heteroatoms. The van der Waals surface area contributed by atoms with E-state index in [9.17, 15) is 4.79 Å². The smallest absolute Gasteiger partial charge is 0.221 e. The van der Waals surface area contributed by atoms with E-state index in [2.05, 4.69) is 36.1 Å². The maximum atomic E-state index is 11.3. The maximum Gasteiger partial charge on any atom is 0.221 e. The molecule has 0 saturated carbocycles. The number of hydrogen-bond donors (Lipinski definition) is 1. The molecule has 0 spiro atoms. The van der Waals surface area contributed by atoms with Gasteiger partial charge in [0.05, 0.1) is 16.6 Å². The molecule has 122 valence electrons. The zero-order valence-corrected chi connectivity index (χ0v) is 14.4. The number of rotatable bonds is 3. The van der Waals surface area contributed by atoms with Gasteiger partial charge >= 0.3 is 0 Å². The van der Waals surface area contributed by atoms with Crippen LogP contribution in [0.15, 0.2) is 36.4 Å². The lowest BCUT2D eigenvalue weighted by molar-refractivity contribution is -0.117. The number of para-hydroxylation sites is 1. The molecule has 4 rings (SSSR count). The molecule has 0 bridgehead atoms. The van der Waals surface area contributed by atoms with Gasteiger partial charge in [-0.3, -0.25) is 4.79 Å². The molecule has 1 aromatic heterocycles. The van der Waals surface area contributed by atoms with Crippen molar-refractivity contribution in [1.82, 2.24) is 4.98 Å². The predicted molar refractivity (Wildman–Crippen MR) is 98.5 cm³/mol. The van der Waals surface area contributed by atoms with Crippen molar-refractivity contribution in [1.29, 1.82) is 0 Å². The van der Waals surface area contributed by atoms with Crippen LogP contribution in [0.1, 0.15) is 22.3 Å². The summed E-state index contributed by atoms with van der Waals surface area (Å²) in [7, 11) is 0. The Morgan fingerprint density at radius 2 is 2.12 bits per heavy atom. The molecule has 4 nitrogen and oxygen atoms in total. The fourth-order valence-electron chi connectivity index (χ4n) is 3.41. The fraction of sp³-hybridized carbons (Fsp3) is 0.263. The number of nitrogens with two attached hydrogens (primary N) is 1. The fourth-order valence-corrected chi connectivity index (χ4v) is 4.48. The van der Waals surface area contributed by atoms with E-state index in [0.717, 1.165) is 35.7 Å². The quantitative estimate of drug-likeness (QED) is 0.798. The zero-order chi connectivity index (χ0) is 16.7. The van der Waals surface area contributed by atoms with Crippen molar-refractivity contribution >= 4 is 32.6 Å². The number of thiazole rings is 1. The minimum atomic E-state index is -0.271. The third-order valence-corrected chi connectivity index (χ3v) is 5.69. The van der Waals surface area contributed by atoms with E-state index in [1.54, 1.807) is 11.3 Å². The molecule has 1 aliphatic rings. The summed E-state index contributed by atoms with van der Waals surface area (Å²) in [6.07, 6.45) is 1.25. The maximum absolute atomic E-state index is 11.3. The highest BCUT2D eigenvalue weighted by molar-refractivity contribution is 7.22. The van der Waals surface area contributed by atoms with E-state index in [4.69, 9.17) is 10.7 Å². The molecule has 1 aliphatic heterocycles. The molecule has 0 saturated heterocycles. The minimum Gasteiger partial charge on any atom is -0.369 e. The molecular formula is C19H19N3OS. The Hall–Kier alpha value is -2.40. The highest BCUT2D eigenvalue weighted by Crippen LogP contribution is 2.33. The third kappa shape index (κ3) is 2.65. The van der Waals surface area contributed by atoms with Crippen molar-refractivity contribution in [2.24, 2.45) is 5.73 Å². The Morgan fingerprint density at radius 1 is 1.29 bits per heavy atom. The van der Waals surface area contributed by atoms with Gasteiger partial charge in [0.1, 0.15) is 0 Å². The molecule has 24 heavy (non-hydrogen) atoms. The number of carbonyl (C=O) groups excluding carboxylic acids is 1. The molecule has 0 unspecified atom stereocenters. The Kier molecular flexibility index (Phi) is 3.73. The third-order valence-electron chi connectivity index (χ3n) is 4.61. The van der Waals surface area contributed by atoms with E-state index < -0.39 is 0 Å². The van der Waals surface area contributed by atoms with E-state index in [-0.39, 0.29) is 5.91 Å². The van der Waals surface area contributed by atoms with Crippen LogP contribution in [-0.2, 0) is 24.2 Å². The van der Waals surface area contributed by atoms with Crippen LogP contribution in [0.3, 0.4) is 0 Å². The summed E-state index contributed by atoms with van der Waals surface area (Å²) >= 11 is 1.75. The van der Waals surface area contributed by atoms with Crippen LogP contribution in [0, 0.1) is 6.92 Å². The van der Waals surface area contributed by atoms with Crippen molar-refractivity contribution in [2.45, 2.75) is 26.3 Å². The van der Waals surface area contributed by atoms with Crippen molar-refractivity contribution in [2.75, 3.05) is 11.4 Å². The first kappa shape index (κ1) is 15.1. The van der Waals surface area contributed by atoms with E-state index in [1.807, 2.05) is 12.1 Å². The van der Waals surface area contributed by atoms with Gasteiger partial charge in [0.15, 0.2) is 5.13 Å². The van der Waals surface area contributed by atoms with Crippen LogP contribution >= 0.6 is 11.3 Å². The molecule has 0 atom stereocenters. The van der Waals surface area contributed by atoms with Crippen LogP contribution in [0.2, 0.25) is 0 Å². The van der Waals surface area contributed by atoms with Crippen LogP contribution in [0.5, 0.6) is 0 Å². The van der Waals surface area contributed by atoms with E-state index in [1.165, 1.54) is 21.4 Å². The Balaban J connectivity index is 1.66. The zero-order valence-electron chi connectivity index (χ0n) is 13.6. The average Bonchev–Trinajstić information content (AvgIpc) is 3.00. The molecule has 1 amide bonds. The highest BCUT2D eigenvalue weighted by atomic mass is 32.1. The molecule has 3 aromatic rings. The van der Waals surface area contributed by atoms with E-state index in [0.29, 0.717) is 6.42 Å². The van der Waals surface area contributed by atoms with Crippen LogP contribution in [0.25, 0.3) is 10.2 Å². The summed E-state index contributed by atoms with van der Waals surface area (Å²) < 4.78 is 1.23. The van der Waals surface area contributed by atoms with Gasteiger partial charge in [-0.15, -0.1) is 0 Å². The number of carbonyl (C=O) groups is 1. The number of fused-ring (bicyclic) bond motifs is 2. The minimum absolute atomic E-state index is 0.271. The second-order valence-electron chi connectivity index (χ2n) is 6.29. The number of hydrogen-bond acceptors (Lipinski definition) is 4. The lowest BCUT2D eigenvalue weighted by atomic mass is 9.93. The molecule has 2 N–H and O–H groups in total. The molecule has 2 heterocycles. The van der Waals surface area contributed by atoms with Gasteiger partial charge in [-0.05, 0) is 41.7 Å². The first-order chi connectivity index (χ1) is 11.6.